The third kappa shape index (κ3) is 5.19. The first-order valence-electron chi connectivity index (χ1n) is 10.3. The average Bonchev–Trinajstić information content (AvgIpc) is 3.31. The summed E-state index contributed by atoms with van der Waals surface area (Å²) in [5.74, 6) is 0.335. The largest absolute Gasteiger partial charge is 0.389 e. The molecule has 2 heterocycles. The van der Waals surface area contributed by atoms with Gasteiger partial charge in [0.2, 0.25) is 5.95 Å². The molecule has 0 spiro atoms. The number of hydrogen-bond acceptors (Lipinski definition) is 6. The second-order valence-electron chi connectivity index (χ2n) is 7.46. The zero-order valence-electron chi connectivity index (χ0n) is 17.8. The average molecular weight is 445 g/mol. The fraction of sp³-hybridized carbons (Fsp3) is 0.160. The number of benzene rings is 2. The van der Waals surface area contributed by atoms with Crippen LogP contribution in [0.3, 0.4) is 0 Å². The van der Waals surface area contributed by atoms with Crippen LogP contribution in [0.2, 0.25) is 0 Å². The number of nitrogens with zero attached hydrogens (tertiary/aromatic N) is 2. The second-order valence-corrected chi connectivity index (χ2v) is 8.55. The molecule has 0 saturated carbocycles. The number of amides is 1. The van der Waals surface area contributed by atoms with E-state index in [1.54, 1.807) is 13.1 Å². The van der Waals surface area contributed by atoms with Crippen molar-refractivity contribution in [2.75, 3.05) is 5.32 Å². The van der Waals surface area contributed by atoms with Crippen molar-refractivity contribution >= 4 is 28.9 Å². The van der Waals surface area contributed by atoms with Gasteiger partial charge in [-0.25, -0.2) is 9.97 Å². The Morgan fingerprint density at radius 2 is 1.75 bits per heavy atom. The van der Waals surface area contributed by atoms with Crippen LogP contribution in [-0.2, 0) is 0 Å². The van der Waals surface area contributed by atoms with Crippen molar-refractivity contribution in [3.8, 4) is 10.6 Å². The van der Waals surface area contributed by atoms with Gasteiger partial charge in [-0.1, -0.05) is 42.5 Å². The molecule has 0 aliphatic carbocycles. The quantitative estimate of drug-likeness (QED) is 0.351. The van der Waals surface area contributed by atoms with Crippen LogP contribution < -0.4 is 10.6 Å². The molecule has 0 fully saturated rings. The number of hydrogen-bond donors (Lipinski definition) is 3. The predicted molar refractivity (Wildman–Crippen MR) is 128 cm³/mol. The number of rotatable bonds is 7. The number of aliphatic hydroxyl groups is 1. The first kappa shape index (κ1) is 21.7. The van der Waals surface area contributed by atoms with Crippen molar-refractivity contribution in [2.24, 2.45) is 0 Å². The van der Waals surface area contributed by atoms with E-state index in [4.69, 9.17) is 0 Å². The molecule has 2 aromatic carbocycles. The Labute approximate surface area is 191 Å². The Kier molecular flexibility index (Phi) is 6.58. The number of nitrogens with one attached hydrogen (secondary N) is 2. The van der Waals surface area contributed by atoms with Gasteiger partial charge < -0.3 is 15.7 Å². The molecule has 6 nitrogen and oxygen atoms in total. The van der Waals surface area contributed by atoms with Gasteiger partial charge in [0.05, 0.1) is 27.6 Å². The number of carbonyl (C=O) groups is 1. The molecule has 3 N–H and O–H groups in total. The molecule has 1 amide bonds. The highest BCUT2D eigenvalue weighted by Crippen LogP contribution is 2.28. The lowest BCUT2D eigenvalue weighted by atomic mass is 10.1. The smallest absolute Gasteiger partial charge is 0.261 e. The van der Waals surface area contributed by atoms with E-state index in [9.17, 15) is 9.90 Å². The fourth-order valence-electron chi connectivity index (χ4n) is 3.25. The molecule has 162 valence electrons. The Balaban J connectivity index is 1.47. The molecule has 0 aliphatic heterocycles. The van der Waals surface area contributed by atoms with Crippen LogP contribution in [0.1, 0.15) is 46.8 Å². The topological polar surface area (TPSA) is 87.1 Å². The summed E-state index contributed by atoms with van der Waals surface area (Å²) in [7, 11) is 0. The Morgan fingerprint density at radius 1 is 0.969 bits per heavy atom. The minimum Gasteiger partial charge on any atom is -0.389 e. The SMILES string of the molecule is CC(O)c1cccc(Nc2nccc(-c3ccc(C(=O)N[C@@H](C)c4ccccc4)s3)n2)c1. The molecule has 4 aromatic rings. The molecule has 0 radical (unpaired) electrons. The number of anilines is 2. The van der Waals surface area contributed by atoms with E-state index < -0.39 is 6.10 Å². The third-order valence-corrected chi connectivity index (χ3v) is 6.12. The molecule has 0 bridgehead atoms. The number of aromatic nitrogens is 2. The van der Waals surface area contributed by atoms with Crippen molar-refractivity contribution in [1.82, 2.24) is 15.3 Å². The molecule has 1 unspecified atom stereocenters. The van der Waals surface area contributed by atoms with E-state index in [1.165, 1.54) is 11.3 Å². The molecule has 32 heavy (non-hydrogen) atoms. The highest BCUT2D eigenvalue weighted by Gasteiger charge is 2.15. The van der Waals surface area contributed by atoms with Crippen molar-refractivity contribution in [1.29, 1.82) is 0 Å². The summed E-state index contributed by atoms with van der Waals surface area (Å²) in [5.41, 5.74) is 3.39. The standard InChI is InChI=1S/C25H24N4O2S/c1-16(18-7-4-3-5-8-18)27-24(31)23-12-11-22(32-23)21-13-14-26-25(29-21)28-20-10-6-9-19(15-20)17(2)30/h3-17,30H,1-2H3,(H,27,31)(H,26,28,29)/t16-,17?/m0/s1. The van der Waals surface area contributed by atoms with Crippen molar-refractivity contribution < 1.29 is 9.90 Å². The zero-order chi connectivity index (χ0) is 22.5. The maximum absolute atomic E-state index is 12.7. The first-order valence-corrected chi connectivity index (χ1v) is 11.2. The second kappa shape index (κ2) is 9.72. The molecule has 7 heteroatoms. The number of thiophene rings is 1. The maximum atomic E-state index is 12.7. The molecular weight excluding hydrogens is 420 g/mol. The van der Waals surface area contributed by atoms with Crippen molar-refractivity contribution in [3.63, 3.8) is 0 Å². The van der Waals surface area contributed by atoms with Gasteiger partial charge in [-0.2, -0.15) is 0 Å². The molecular formula is C25H24N4O2S. The van der Waals surface area contributed by atoms with E-state index in [0.29, 0.717) is 10.8 Å². The number of carbonyl (C=O) groups excluding carboxylic acids is 1. The van der Waals surface area contributed by atoms with Crippen molar-refractivity contribution in [3.05, 3.63) is 95.0 Å². The van der Waals surface area contributed by atoms with E-state index >= 15 is 0 Å². The monoisotopic (exact) mass is 444 g/mol. The zero-order valence-corrected chi connectivity index (χ0v) is 18.6. The highest BCUT2D eigenvalue weighted by molar-refractivity contribution is 7.17. The van der Waals surface area contributed by atoms with Crippen LogP contribution in [0.15, 0.2) is 79.0 Å². The molecule has 2 aromatic heterocycles. The third-order valence-electron chi connectivity index (χ3n) is 5.01. The molecule has 0 aliphatic rings. The van der Waals surface area contributed by atoms with Crippen LogP contribution in [0.25, 0.3) is 10.6 Å². The number of aliphatic hydroxyl groups excluding tert-OH is 1. The van der Waals surface area contributed by atoms with Gasteiger partial charge in [0.1, 0.15) is 0 Å². The Hall–Kier alpha value is -3.55. The van der Waals surface area contributed by atoms with E-state index in [0.717, 1.165) is 27.4 Å². The summed E-state index contributed by atoms with van der Waals surface area (Å²) in [5, 5.41) is 16.0. The van der Waals surface area contributed by atoms with Crippen LogP contribution in [0.5, 0.6) is 0 Å². The van der Waals surface area contributed by atoms with Gasteiger partial charge >= 0.3 is 0 Å². The lowest BCUT2D eigenvalue weighted by Gasteiger charge is -2.13. The van der Waals surface area contributed by atoms with Gasteiger partial charge in [0.15, 0.2) is 0 Å². The van der Waals surface area contributed by atoms with Gasteiger partial charge in [0, 0.05) is 11.9 Å². The fourth-order valence-corrected chi connectivity index (χ4v) is 4.13. The van der Waals surface area contributed by atoms with Gasteiger partial charge in [0.25, 0.3) is 5.91 Å². The first-order chi connectivity index (χ1) is 15.5. The molecule has 0 saturated heterocycles. The minimum atomic E-state index is -0.552. The Morgan fingerprint density at radius 3 is 2.53 bits per heavy atom. The molecule has 2 atom stereocenters. The normalized spacial score (nSPS) is 12.7. The van der Waals surface area contributed by atoms with Crippen LogP contribution in [0, 0.1) is 0 Å². The highest BCUT2D eigenvalue weighted by atomic mass is 32.1. The summed E-state index contributed by atoms with van der Waals surface area (Å²) >= 11 is 1.39. The van der Waals surface area contributed by atoms with Crippen LogP contribution in [-0.4, -0.2) is 21.0 Å². The van der Waals surface area contributed by atoms with Gasteiger partial charge in [-0.15, -0.1) is 11.3 Å². The van der Waals surface area contributed by atoms with Gasteiger partial charge in [-0.05, 0) is 55.3 Å². The molecule has 4 rings (SSSR count). The van der Waals surface area contributed by atoms with Crippen LogP contribution in [0.4, 0.5) is 11.6 Å². The lowest BCUT2D eigenvalue weighted by molar-refractivity contribution is 0.0944. The van der Waals surface area contributed by atoms with E-state index in [2.05, 4.69) is 20.6 Å². The van der Waals surface area contributed by atoms with E-state index in [1.807, 2.05) is 79.7 Å². The predicted octanol–water partition coefficient (Wildman–Crippen LogP) is 5.49. The van der Waals surface area contributed by atoms with Crippen molar-refractivity contribution in [2.45, 2.75) is 26.0 Å². The van der Waals surface area contributed by atoms with Crippen LogP contribution >= 0.6 is 11.3 Å². The summed E-state index contributed by atoms with van der Waals surface area (Å²) in [4.78, 5) is 23.1. The maximum Gasteiger partial charge on any atom is 0.261 e. The lowest BCUT2D eigenvalue weighted by Crippen LogP contribution is -2.25. The minimum absolute atomic E-state index is 0.0819. The summed E-state index contributed by atoms with van der Waals surface area (Å²) in [6, 6.07) is 22.8. The summed E-state index contributed by atoms with van der Waals surface area (Å²) in [6.45, 7) is 3.69. The Bertz CT molecular complexity index is 1210. The van der Waals surface area contributed by atoms with Gasteiger partial charge in [-0.3, -0.25) is 4.79 Å². The summed E-state index contributed by atoms with van der Waals surface area (Å²) < 4.78 is 0. The van der Waals surface area contributed by atoms with E-state index in [-0.39, 0.29) is 11.9 Å². The summed E-state index contributed by atoms with van der Waals surface area (Å²) in [6.07, 6.45) is 1.13.